The molecule has 1 atom stereocenters. The van der Waals surface area contributed by atoms with Crippen molar-refractivity contribution < 1.29 is 22.3 Å². The molecule has 0 aromatic carbocycles. The number of hydrogen-bond donors (Lipinski definition) is 0. The van der Waals surface area contributed by atoms with Crippen LogP contribution in [0.2, 0.25) is 0 Å². The van der Waals surface area contributed by atoms with Gasteiger partial charge in [0.2, 0.25) is 0 Å². The van der Waals surface area contributed by atoms with Crippen molar-refractivity contribution in [1.82, 2.24) is 0 Å². The Balaban J connectivity index is 0. The van der Waals surface area contributed by atoms with Gasteiger partial charge >= 0.3 is 10.4 Å². The van der Waals surface area contributed by atoms with E-state index in [9.17, 15) is 8.42 Å². The fourth-order valence-corrected chi connectivity index (χ4v) is 3.18. The maximum Gasteiger partial charge on any atom is 0.400 e. The Bertz CT molecular complexity index is 316. The molecule has 0 aliphatic carbocycles. The van der Waals surface area contributed by atoms with E-state index in [0.717, 1.165) is 19.3 Å². The summed E-state index contributed by atoms with van der Waals surface area (Å²) < 4.78 is 32.0. The van der Waals surface area contributed by atoms with Gasteiger partial charge in [0.05, 0.1) is 12.7 Å². The van der Waals surface area contributed by atoms with E-state index in [1.165, 1.54) is 51.4 Å². The molecule has 0 heterocycles. The van der Waals surface area contributed by atoms with Crippen LogP contribution in [0.4, 0.5) is 0 Å². The summed E-state index contributed by atoms with van der Waals surface area (Å²) in [5.74, 6) is 0. The molecule has 22 heavy (non-hydrogen) atoms. The molecule has 1 unspecified atom stereocenters. The third-order valence-electron chi connectivity index (χ3n) is 3.51. The molecule has 0 fully saturated rings. The number of rotatable bonds is 15. The van der Waals surface area contributed by atoms with Gasteiger partial charge in [-0.25, -0.2) is 8.37 Å². The van der Waals surface area contributed by atoms with E-state index in [1.54, 1.807) is 13.8 Å². The van der Waals surface area contributed by atoms with Gasteiger partial charge in [-0.2, -0.15) is 8.42 Å². The highest BCUT2D eigenvalue weighted by Crippen LogP contribution is 2.14. The van der Waals surface area contributed by atoms with Crippen LogP contribution in [0.25, 0.3) is 0 Å². The molecule has 0 aliphatic rings. The normalized spacial score (nSPS) is 12.9. The topological polar surface area (TPSA) is 84.1 Å². The molecule has 0 bridgehead atoms. The predicted octanol–water partition coefficient (Wildman–Crippen LogP) is 4.16. The Morgan fingerprint density at radius 3 is 1.73 bits per heavy atom. The van der Waals surface area contributed by atoms with Crippen LogP contribution in [-0.2, 0) is 18.8 Å². The smallest absolute Gasteiger partial charge is 0.400 e. The predicted molar refractivity (Wildman–Crippen MR) is 91.2 cm³/mol. The van der Waals surface area contributed by atoms with Crippen molar-refractivity contribution in [1.29, 1.82) is 0 Å². The number of hydrogen-bond acceptors (Lipinski definition) is 4. The lowest BCUT2D eigenvalue weighted by Gasteiger charge is -2.11. The van der Waals surface area contributed by atoms with E-state index in [-0.39, 0.29) is 18.2 Å². The molecular formula is C16H36O5S. The van der Waals surface area contributed by atoms with Crippen LogP contribution in [0.5, 0.6) is 0 Å². The molecule has 6 heteroatoms. The van der Waals surface area contributed by atoms with Gasteiger partial charge in [0.15, 0.2) is 0 Å². The molecule has 136 valence electrons. The van der Waals surface area contributed by atoms with Gasteiger partial charge in [0, 0.05) is 0 Å². The zero-order valence-corrected chi connectivity index (χ0v) is 15.4. The first-order valence-corrected chi connectivity index (χ1v) is 9.92. The van der Waals surface area contributed by atoms with Crippen LogP contribution in [0.3, 0.4) is 0 Å². The SMILES string of the molecule is CCCCCCCCCCCCC(C)OS(=O)(=O)OCC.O. The molecule has 0 amide bonds. The Morgan fingerprint density at radius 1 is 0.818 bits per heavy atom. The zero-order valence-electron chi connectivity index (χ0n) is 14.6. The van der Waals surface area contributed by atoms with Crippen LogP contribution in [0, 0.1) is 0 Å². The van der Waals surface area contributed by atoms with Gasteiger partial charge in [-0.3, -0.25) is 0 Å². The fourth-order valence-electron chi connectivity index (χ4n) is 2.34. The first-order chi connectivity index (χ1) is 10.0. The van der Waals surface area contributed by atoms with E-state index >= 15 is 0 Å². The van der Waals surface area contributed by atoms with Crippen LogP contribution in [0.1, 0.15) is 91.4 Å². The monoisotopic (exact) mass is 340 g/mol. The van der Waals surface area contributed by atoms with E-state index < -0.39 is 10.4 Å². The van der Waals surface area contributed by atoms with Crippen molar-refractivity contribution in [2.45, 2.75) is 97.5 Å². The van der Waals surface area contributed by atoms with Crippen molar-refractivity contribution >= 4 is 10.4 Å². The van der Waals surface area contributed by atoms with E-state index in [2.05, 4.69) is 11.1 Å². The van der Waals surface area contributed by atoms with Gasteiger partial charge in [-0.15, -0.1) is 0 Å². The maximum absolute atomic E-state index is 11.3. The Labute approximate surface area is 137 Å². The first kappa shape index (κ1) is 24.1. The van der Waals surface area contributed by atoms with E-state index in [0.29, 0.717) is 0 Å². The van der Waals surface area contributed by atoms with Gasteiger partial charge < -0.3 is 5.48 Å². The average Bonchev–Trinajstić information content (AvgIpc) is 2.40. The Morgan fingerprint density at radius 2 is 1.27 bits per heavy atom. The molecule has 0 rings (SSSR count). The average molecular weight is 341 g/mol. The van der Waals surface area contributed by atoms with Gasteiger partial charge in [-0.05, 0) is 20.3 Å². The second kappa shape index (κ2) is 15.7. The summed E-state index contributed by atoms with van der Waals surface area (Å²) in [4.78, 5) is 0. The lowest BCUT2D eigenvalue weighted by molar-refractivity contribution is 0.162. The van der Waals surface area contributed by atoms with Crippen molar-refractivity contribution in [2.24, 2.45) is 0 Å². The summed E-state index contributed by atoms with van der Waals surface area (Å²) in [6, 6.07) is 0. The first-order valence-electron chi connectivity index (χ1n) is 8.59. The Hall–Kier alpha value is -0.170. The summed E-state index contributed by atoms with van der Waals surface area (Å²) in [5.41, 5.74) is 0. The van der Waals surface area contributed by atoms with Crippen molar-refractivity contribution in [3.05, 3.63) is 0 Å². The van der Waals surface area contributed by atoms with Gasteiger partial charge in [-0.1, -0.05) is 71.1 Å². The third-order valence-corrected chi connectivity index (χ3v) is 4.60. The fraction of sp³-hybridized carbons (Fsp3) is 1.00. The molecule has 0 radical (unpaired) electrons. The van der Waals surface area contributed by atoms with Crippen LogP contribution < -0.4 is 0 Å². The van der Waals surface area contributed by atoms with E-state index in [4.69, 9.17) is 4.18 Å². The molecular weight excluding hydrogens is 304 g/mol. The second-order valence-corrected chi connectivity index (χ2v) is 6.94. The summed E-state index contributed by atoms with van der Waals surface area (Å²) in [6.07, 6.45) is 13.3. The van der Waals surface area contributed by atoms with E-state index in [1.807, 2.05) is 0 Å². The highest BCUT2D eigenvalue weighted by Gasteiger charge is 2.15. The van der Waals surface area contributed by atoms with Crippen molar-refractivity contribution in [3.63, 3.8) is 0 Å². The summed E-state index contributed by atoms with van der Waals surface area (Å²) in [6.45, 7) is 5.77. The highest BCUT2D eigenvalue weighted by atomic mass is 32.3. The highest BCUT2D eigenvalue weighted by molar-refractivity contribution is 7.81. The largest absolute Gasteiger partial charge is 0.412 e. The summed E-state index contributed by atoms with van der Waals surface area (Å²) in [7, 11) is -3.79. The van der Waals surface area contributed by atoms with Crippen LogP contribution in [-0.4, -0.2) is 26.6 Å². The quantitative estimate of drug-likeness (QED) is 0.419. The Kier molecular flexibility index (Phi) is 17.2. The summed E-state index contributed by atoms with van der Waals surface area (Å²) in [5, 5.41) is 0. The molecule has 0 saturated carbocycles. The molecule has 0 spiro atoms. The minimum atomic E-state index is -3.79. The van der Waals surface area contributed by atoms with Crippen LogP contribution >= 0.6 is 0 Å². The summed E-state index contributed by atoms with van der Waals surface area (Å²) >= 11 is 0. The minimum Gasteiger partial charge on any atom is -0.412 e. The molecule has 0 aliphatic heterocycles. The second-order valence-electron chi connectivity index (χ2n) is 5.69. The van der Waals surface area contributed by atoms with Gasteiger partial charge in [0.1, 0.15) is 0 Å². The zero-order chi connectivity index (χ0) is 16.0. The lowest BCUT2D eigenvalue weighted by Crippen LogP contribution is -2.17. The van der Waals surface area contributed by atoms with Gasteiger partial charge in [0.25, 0.3) is 0 Å². The minimum absolute atomic E-state index is 0. The maximum atomic E-state index is 11.3. The van der Waals surface area contributed by atoms with Crippen molar-refractivity contribution in [3.8, 4) is 0 Å². The standard InChI is InChI=1S/C16H34O4S.H2O/c1-4-6-7-8-9-10-11-12-13-14-15-16(3)20-21(17,18)19-5-2;/h16H,4-15H2,1-3H3;1H2. The third kappa shape index (κ3) is 16.2. The van der Waals surface area contributed by atoms with Crippen LogP contribution in [0.15, 0.2) is 0 Å². The molecule has 2 N–H and O–H groups in total. The lowest BCUT2D eigenvalue weighted by atomic mass is 10.1. The molecule has 0 saturated heterocycles. The number of unbranched alkanes of at least 4 members (excludes halogenated alkanes) is 9. The molecule has 0 aromatic rings. The molecule has 5 nitrogen and oxygen atoms in total. The molecule has 0 aromatic heterocycles. The van der Waals surface area contributed by atoms with Crippen molar-refractivity contribution in [2.75, 3.05) is 6.61 Å².